The molecule has 206 valence electrons. The summed E-state index contributed by atoms with van der Waals surface area (Å²) in [7, 11) is 0. The third-order valence-corrected chi connectivity index (χ3v) is 8.34. The van der Waals surface area contributed by atoms with Gasteiger partial charge in [0.1, 0.15) is 11.6 Å². The summed E-state index contributed by atoms with van der Waals surface area (Å²) < 4.78 is 20.9. The first kappa shape index (κ1) is 29.7. The first-order chi connectivity index (χ1) is 18.1. The summed E-state index contributed by atoms with van der Waals surface area (Å²) in [6.07, 6.45) is 24.4. The lowest BCUT2D eigenvalue weighted by Crippen LogP contribution is -2.13. The van der Waals surface area contributed by atoms with Gasteiger partial charge in [-0.2, -0.15) is 0 Å². The zero-order valence-corrected chi connectivity index (χ0v) is 24.0. The number of ether oxygens (including phenoxy) is 1. The average molecular weight is 510 g/mol. The van der Waals surface area contributed by atoms with E-state index in [4.69, 9.17) is 4.74 Å². The zero-order valence-electron chi connectivity index (χ0n) is 24.0. The van der Waals surface area contributed by atoms with Crippen molar-refractivity contribution in [3.8, 4) is 17.0 Å². The van der Waals surface area contributed by atoms with Crippen molar-refractivity contribution >= 4 is 0 Å². The molecule has 0 saturated heterocycles. The number of benzene rings is 1. The SMILES string of the molecule is CCCCCCCCCC1CCC(c2ccc(-c3ccc(O[C@@H](C)CCCCCC)cc3F)nc2)CC1. The second-order valence-electron chi connectivity index (χ2n) is 11.5. The minimum atomic E-state index is -0.262. The standard InChI is InChI=1S/C34H52FNO/c1-4-6-8-10-11-12-14-16-28-17-19-29(20-18-28)30-21-24-34(36-26-30)32-23-22-31(25-33(32)35)37-27(3)15-13-9-7-5-2/h21-29H,4-20H2,1-3H3/t27-,28?,29?/m0/s1. The smallest absolute Gasteiger partial charge is 0.136 e. The molecule has 0 radical (unpaired) electrons. The van der Waals surface area contributed by atoms with Crippen LogP contribution in [0.15, 0.2) is 36.5 Å². The van der Waals surface area contributed by atoms with Crippen LogP contribution >= 0.6 is 0 Å². The highest BCUT2D eigenvalue weighted by Gasteiger charge is 2.22. The number of nitrogens with zero attached hydrogens (tertiary/aromatic N) is 1. The minimum Gasteiger partial charge on any atom is -0.491 e. The van der Waals surface area contributed by atoms with Gasteiger partial charge in [-0.1, -0.05) is 90.5 Å². The van der Waals surface area contributed by atoms with Crippen LogP contribution in [-0.4, -0.2) is 11.1 Å². The van der Waals surface area contributed by atoms with Crippen LogP contribution in [0.25, 0.3) is 11.3 Å². The summed E-state index contributed by atoms with van der Waals surface area (Å²) in [5.74, 6) is 1.86. The van der Waals surface area contributed by atoms with Crippen LogP contribution in [0.5, 0.6) is 5.75 Å². The maximum atomic E-state index is 14.9. The van der Waals surface area contributed by atoms with E-state index in [1.165, 1.54) is 108 Å². The Morgan fingerprint density at radius 2 is 1.51 bits per heavy atom. The van der Waals surface area contributed by atoms with Crippen molar-refractivity contribution in [3.63, 3.8) is 0 Å². The topological polar surface area (TPSA) is 22.1 Å². The number of hydrogen-bond donors (Lipinski definition) is 0. The molecule has 1 heterocycles. The van der Waals surface area contributed by atoms with Crippen LogP contribution in [0.4, 0.5) is 4.39 Å². The molecule has 3 heteroatoms. The van der Waals surface area contributed by atoms with Crippen molar-refractivity contribution in [2.45, 2.75) is 142 Å². The van der Waals surface area contributed by atoms with E-state index in [1.54, 1.807) is 0 Å². The lowest BCUT2D eigenvalue weighted by molar-refractivity contribution is 0.205. The molecule has 1 saturated carbocycles. The molecule has 3 rings (SSSR count). The molecular weight excluding hydrogens is 457 g/mol. The van der Waals surface area contributed by atoms with Crippen molar-refractivity contribution in [1.29, 1.82) is 0 Å². The third kappa shape index (κ3) is 10.4. The first-order valence-electron chi connectivity index (χ1n) is 15.5. The van der Waals surface area contributed by atoms with Crippen LogP contribution < -0.4 is 4.74 Å². The lowest BCUT2D eigenvalue weighted by Gasteiger charge is -2.28. The summed E-state index contributed by atoms with van der Waals surface area (Å²) >= 11 is 0. The Labute approximate surface area is 226 Å². The Morgan fingerprint density at radius 1 is 0.838 bits per heavy atom. The molecule has 2 nitrogen and oxygen atoms in total. The number of unbranched alkanes of at least 4 members (excludes halogenated alkanes) is 9. The second kappa shape index (κ2) is 16.8. The number of rotatable bonds is 17. The Kier molecular flexibility index (Phi) is 13.5. The molecule has 0 aliphatic heterocycles. The monoisotopic (exact) mass is 509 g/mol. The third-order valence-electron chi connectivity index (χ3n) is 8.34. The van der Waals surface area contributed by atoms with Crippen LogP contribution in [0.2, 0.25) is 0 Å². The molecule has 0 N–H and O–H groups in total. The van der Waals surface area contributed by atoms with E-state index in [2.05, 4.69) is 31.8 Å². The predicted molar refractivity (Wildman–Crippen MR) is 156 cm³/mol. The van der Waals surface area contributed by atoms with Gasteiger partial charge in [0, 0.05) is 17.8 Å². The Balaban J connectivity index is 1.42. The van der Waals surface area contributed by atoms with Gasteiger partial charge in [0.15, 0.2) is 0 Å². The molecule has 1 fully saturated rings. The van der Waals surface area contributed by atoms with Gasteiger partial charge < -0.3 is 4.74 Å². The molecule has 1 aromatic heterocycles. The highest BCUT2D eigenvalue weighted by atomic mass is 19.1. The van der Waals surface area contributed by atoms with Crippen LogP contribution in [-0.2, 0) is 0 Å². The fourth-order valence-electron chi connectivity index (χ4n) is 5.91. The van der Waals surface area contributed by atoms with E-state index in [9.17, 15) is 4.39 Å². The van der Waals surface area contributed by atoms with Crippen LogP contribution in [0, 0.1) is 11.7 Å². The van der Waals surface area contributed by atoms with Crippen molar-refractivity contribution in [1.82, 2.24) is 4.98 Å². The number of halogens is 1. The maximum absolute atomic E-state index is 14.9. The van der Waals surface area contributed by atoms with Gasteiger partial charge in [-0.05, 0) is 81.0 Å². The Hall–Kier alpha value is -1.90. The highest BCUT2D eigenvalue weighted by Crippen LogP contribution is 2.38. The molecule has 0 amide bonds. The normalized spacial score (nSPS) is 18.6. The largest absolute Gasteiger partial charge is 0.491 e. The van der Waals surface area contributed by atoms with Gasteiger partial charge in [-0.3, -0.25) is 4.98 Å². The van der Waals surface area contributed by atoms with Gasteiger partial charge in [-0.25, -0.2) is 4.39 Å². The minimum absolute atomic E-state index is 0.102. The van der Waals surface area contributed by atoms with Crippen molar-refractivity contribution in [2.75, 3.05) is 0 Å². The Morgan fingerprint density at radius 3 is 2.16 bits per heavy atom. The van der Waals surface area contributed by atoms with E-state index in [0.717, 1.165) is 18.8 Å². The van der Waals surface area contributed by atoms with E-state index >= 15 is 0 Å². The quantitative estimate of drug-likeness (QED) is 0.198. The van der Waals surface area contributed by atoms with Gasteiger partial charge in [0.25, 0.3) is 0 Å². The summed E-state index contributed by atoms with van der Waals surface area (Å²) in [6, 6.07) is 9.37. The lowest BCUT2D eigenvalue weighted by atomic mass is 9.77. The van der Waals surface area contributed by atoms with Gasteiger partial charge in [-0.15, -0.1) is 0 Å². The van der Waals surface area contributed by atoms with Crippen LogP contribution in [0.3, 0.4) is 0 Å². The predicted octanol–water partition coefficient (Wildman–Crippen LogP) is 11.0. The van der Waals surface area contributed by atoms with Gasteiger partial charge in [0.05, 0.1) is 11.8 Å². The number of pyridine rings is 1. The number of aromatic nitrogens is 1. The molecule has 0 spiro atoms. The summed E-state index contributed by atoms with van der Waals surface area (Å²) in [4.78, 5) is 4.66. The molecule has 0 unspecified atom stereocenters. The Bertz CT molecular complexity index is 872. The van der Waals surface area contributed by atoms with Gasteiger partial charge >= 0.3 is 0 Å². The summed E-state index contributed by atoms with van der Waals surface area (Å²) in [5, 5.41) is 0. The summed E-state index contributed by atoms with van der Waals surface area (Å²) in [5.41, 5.74) is 2.57. The zero-order chi connectivity index (χ0) is 26.3. The van der Waals surface area contributed by atoms with Crippen LogP contribution in [0.1, 0.15) is 141 Å². The molecular formula is C34H52FNO. The molecule has 0 bridgehead atoms. The molecule has 1 aliphatic rings. The van der Waals surface area contributed by atoms with Crippen molar-refractivity contribution in [3.05, 3.63) is 47.9 Å². The summed E-state index contributed by atoms with van der Waals surface area (Å²) in [6.45, 7) is 6.57. The van der Waals surface area contributed by atoms with E-state index in [0.29, 0.717) is 22.9 Å². The molecule has 1 aromatic carbocycles. The first-order valence-corrected chi connectivity index (χ1v) is 15.5. The van der Waals surface area contributed by atoms with Gasteiger partial charge in [0.2, 0.25) is 0 Å². The van der Waals surface area contributed by atoms with Crippen molar-refractivity contribution in [2.24, 2.45) is 5.92 Å². The molecule has 37 heavy (non-hydrogen) atoms. The fourth-order valence-corrected chi connectivity index (χ4v) is 5.91. The molecule has 1 atom stereocenters. The highest BCUT2D eigenvalue weighted by molar-refractivity contribution is 5.61. The van der Waals surface area contributed by atoms with E-state index < -0.39 is 0 Å². The average Bonchev–Trinajstić information content (AvgIpc) is 2.91. The van der Waals surface area contributed by atoms with Crippen molar-refractivity contribution < 1.29 is 9.13 Å². The fraction of sp³-hybridized carbons (Fsp3) is 0.676. The molecule has 1 aliphatic carbocycles. The molecule has 2 aromatic rings. The number of hydrogen-bond acceptors (Lipinski definition) is 2. The van der Waals surface area contributed by atoms with E-state index in [1.807, 2.05) is 24.4 Å². The maximum Gasteiger partial charge on any atom is 0.136 e. The van der Waals surface area contributed by atoms with E-state index in [-0.39, 0.29) is 11.9 Å². The second-order valence-corrected chi connectivity index (χ2v) is 11.5.